The highest BCUT2D eigenvalue weighted by Gasteiger charge is 2.16. The molecule has 0 amide bonds. The molecule has 2 rings (SSSR count). The summed E-state index contributed by atoms with van der Waals surface area (Å²) < 4.78 is 0.896. The minimum absolute atomic E-state index is 0.198. The first kappa shape index (κ1) is 9.71. The zero-order valence-corrected chi connectivity index (χ0v) is 9.08. The fourth-order valence-corrected chi connectivity index (χ4v) is 2.48. The van der Waals surface area contributed by atoms with E-state index >= 15 is 0 Å². The van der Waals surface area contributed by atoms with Gasteiger partial charge in [-0.1, -0.05) is 23.2 Å². The molecule has 0 bridgehead atoms. The lowest BCUT2D eigenvalue weighted by molar-refractivity contribution is 0.103. The summed E-state index contributed by atoms with van der Waals surface area (Å²) in [6.45, 7) is 0. The summed E-state index contributed by atoms with van der Waals surface area (Å²) in [7, 11) is 0. The lowest BCUT2D eigenvalue weighted by Gasteiger charge is -1.93. The molecule has 0 saturated carbocycles. The summed E-state index contributed by atoms with van der Waals surface area (Å²) >= 11 is 12.7. The number of ketones is 1. The van der Waals surface area contributed by atoms with Gasteiger partial charge in [-0.05, 0) is 12.1 Å². The van der Waals surface area contributed by atoms with E-state index < -0.39 is 0 Å². The third kappa shape index (κ3) is 1.68. The van der Waals surface area contributed by atoms with Crippen molar-refractivity contribution >= 4 is 40.3 Å². The number of H-pyrrole nitrogens is 1. The molecule has 3 nitrogen and oxygen atoms in total. The highest BCUT2D eigenvalue weighted by atomic mass is 35.5. The highest BCUT2D eigenvalue weighted by Crippen LogP contribution is 2.32. The van der Waals surface area contributed by atoms with Crippen LogP contribution in [0.15, 0.2) is 18.3 Å². The van der Waals surface area contributed by atoms with Crippen LogP contribution in [0.3, 0.4) is 0 Å². The van der Waals surface area contributed by atoms with E-state index in [2.05, 4.69) is 10.2 Å². The molecule has 0 unspecified atom stereocenters. The Balaban J connectivity index is 2.41. The predicted molar refractivity (Wildman–Crippen MR) is 56.4 cm³/mol. The second-order valence-electron chi connectivity index (χ2n) is 2.54. The van der Waals surface area contributed by atoms with E-state index in [9.17, 15) is 4.79 Å². The molecule has 0 aliphatic carbocycles. The van der Waals surface area contributed by atoms with E-state index in [4.69, 9.17) is 23.2 Å². The summed E-state index contributed by atoms with van der Waals surface area (Å²) in [5.74, 6) is -0.198. The highest BCUT2D eigenvalue weighted by molar-refractivity contribution is 7.20. The number of aromatic amines is 1. The van der Waals surface area contributed by atoms with Gasteiger partial charge in [0.25, 0.3) is 0 Å². The fourth-order valence-electron chi connectivity index (χ4n) is 1.02. The van der Waals surface area contributed by atoms with Crippen LogP contribution in [-0.4, -0.2) is 16.0 Å². The van der Waals surface area contributed by atoms with Crippen LogP contribution in [0.2, 0.25) is 8.67 Å². The Morgan fingerprint density at radius 1 is 1.50 bits per heavy atom. The zero-order valence-electron chi connectivity index (χ0n) is 6.75. The molecule has 6 heteroatoms. The maximum Gasteiger partial charge on any atom is 0.213 e. The van der Waals surface area contributed by atoms with Gasteiger partial charge >= 0.3 is 0 Å². The van der Waals surface area contributed by atoms with Gasteiger partial charge in [0.1, 0.15) is 10.0 Å². The summed E-state index contributed by atoms with van der Waals surface area (Å²) in [5.41, 5.74) is 0.812. The van der Waals surface area contributed by atoms with Gasteiger partial charge in [0.05, 0.1) is 9.90 Å². The van der Waals surface area contributed by atoms with E-state index in [-0.39, 0.29) is 5.78 Å². The standard InChI is InChI=1S/C8H4Cl2N2OS/c9-6-3-4(8(10)14-6)7(13)5-1-2-11-12-5/h1-3H,(H,11,12). The van der Waals surface area contributed by atoms with Crippen molar-refractivity contribution in [1.29, 1.82) is 0 Å². The molecule has 0 aliphatic heterocycles. The Labute approximate surface area is 93.7 Å². The number of nitrogens with zero attached hydrogens (tertiary/aromatic N) is 1. The Kier molecular flexibility index (Phi) is 2.58. The summed E-state index contributed by atoms with van der Waals surface area (Å²) in [5, 5.41) is 6.26. The van der Waals surface area contributed by atoms with Crippen molar-refractivity contribution in [3.63, 3.8) is 0 Å². The van der Waals surface area contributed by atoms with Gasteiger partial charge in [-0.3, -0.25) is 9.89 Å². The van der Waals surface area contributed by atoms with Crippen LogP contribution in [0.4, 0.5) is 0 Å². The first-order valence-electron chi connectivity index (χ1n) is 3.67. The van der Waals surface area contributed by atoms with Crippen LogP contribution in [0.5, 0.6) is 0 Å². The van der Waals surface area contributed by atoms with E-state index in [1.165, 1.54) is 17.5 Å². The number of hydrogen-bond acceptors (Lipinski definition) is 3. The van der Waals surface area contributed by atoms with E-state index in [0.29, 0.717) is 19.9 Å². The Morgan fingerprint density at radius 2 is 2.29 bits per heavy atom. The van der Waals surface area contributed by atoms with E-state index in [0.717, 1.165) is 0 Å². The largest absolute Gasteiger partial charge is 0.287 e. The third-order valence-electron chi connectivity index (χ3n) is 1.65. The number of aromatic nitrogens is 2. The SMILES string of the molecule is O=C(c1ccn[nH]1)c1cc(Cl)sc1Cl. The average molecular weight is 247 g/mol. The molecule has 0 atom stereocenters. The van der Waals surface area contributed by atoms with Crippen molar-refractivity contribution in [1.82, 2.24) is 10.2 Å². The van der Waals surface area contributed by atoms with E-state index in [1.54, 1.807) is 12.1 Å². The van der Waals surface area contributed by atoms with Crippen molar-refractivity contribution in [3.8, 4) is 0 Å². The molecular weight excluding hydrogens is 243 g/mol. The van der Waals surface area contributed by atoms with Crippen molar-refractivity contribution < 1.29 is 4.79 Å². The Hall–Kier alpha value is -0.840. The van der Waals surface area contributed by atoms with Gasteiger partial charge in [-0.15, -0.1) is 11.3 Å². The van der Waals surface area contributed by atoms with Gasteiger partial charge in [-0.25, -0.2) is 0 Å². The molecule has 14 heavy (non-hydrogen) atoms. The first-order chi connectivity index (χ1) is 6.68. The minimum atomic E-state index is -0.198. The number of carbonyl (C=O) groups is 1. The molecule has 0 radical (unpaired) electrons. The quantitative estimate of drug-likeness (QED) is 0.829. The van der Waals surface area contributed by atoms with Gasteiger partial charge in [0, 0.05) is 6.20 Å². The normalized spacial score (nSPS) is 10.4. The minimum Gasteiger partial charge on any atom is -0.287 e. The van der Waals surface area contributed by atoms with Gasteiger partial charge in [-0.2, -0.15) is 5.10 Å². The maximum atomic E-state index is 11.7. The molecule has 72 valence electrons. The van der Waals surface area contributed by atoms with Gasteiger partial charge < -0.3 is 0 Å². The number of thiophene rings is 1. The lowest BCUT2D eigenvalue weighted by Crippen LogP contribution is -2.00. The first-order valence-corrected chi connectivity index (χ1v) is 5.24. The second-order valence-corrected chi connectivity index (χ2v) is 4.82. The van der Waals surface area contributed by atoms with Crippen molar-refractivity contribution in [2.45, 2.75) is 0 Å². The summed E-state index contributed by atoms with van der Waals surface area (Å²) in [6.07, 6.45) is 1.51. The molecular formula is C8H4Cl2N2OS. The smallest absolute Gasteiger partial charge is 0.213 e. The lowest BCUT2D eigenvalue weighted by atomic mass is 10.2. The maximum absolute atomic E-state index is 11.7. The van der Waals surface area contributed by atoms with Crippen LogP contribution in [0.25, 0.3) is 0 Å². The van der Waals surface area contributed by atoms with E-state index in [1.807, 2.05) is 0 Å². The van der Waals surface area contributed by atoms with Crippen LogP contribution >= 0.6 is 34.5 Å². The number of carbonyl (C=O) groups excluding carboxylic acids is 1. The van der Waals surface area contributed by atoms with Gasteiger partial charge in [0.15, 0.2) is 0 Å². The summed E-state index contributed by atoms with van der Waals surface area (Å²) in [4.78, 5) is 11.7. The van der Waals surface area contributed by atoms with Crippen LogP contribution < -0.4 is 0 Å². The molecule has 2 aromatic heterocycles. The van der Waals surface area contributed by atoms with Gasteiger partial charge in [0.2, 0.25) is 5.78 Å². The Bertz CT molecular complexity index is 464. The number of hydrogen-bond donors (Lipinski definition) is 1. The van der Waals surface area contributed by atoms with Crippen LogP contribution in [-0.2, 0) is 0 Å². The number of rotatable bonds is 2. The number of nitrogens with one attached hydrogen (secondary N) is 1. The fraction of sp³-hybridized carbons (Fsp3) is 0. The molecule has 0 aliphatic rings. The number of halogens is 2. The van der Waals surface area contributed by atoms with Crippen molar-refractivity contribution in [3.05, 3.63) is 38.3 Å². The van der Waals surface area contributed by atoms with Crippen molar-refractivity contribution in [2.24, 2.45) is 0 Å². The second kappa shape index (κ2) is 3.73. The average Bonchev–Trinajstić information content (AvgIpc) is 2.73. The predicted octanol–water partition coefficient (Wildman–Crippen LogP) is 3.01. The Morgan fingerprint density at radius 3 is 2.79 bits per heavy atom. The molecule has 0 spiro atoms. The monoisotopic (exact) mass is 246 g/mol. The van der Waals surface area contributed by atoms with Crippen LogP contribution in [0.1, 0.15) is 16.1 Å². The third-order valence-corrected chi connectivity index (χ3v) is 3.13. The summed E-state index contributed by atoms with van der Waals surface area (Å²) in [6, 6.07) is 3.14. The van der Waals surface area contributed by atoms with Crippen LogP contribution in [0, 0.1) is 0 Å². The molecule has 0 saturated heterocycles. The zero-order chi connectivity index (χ0) is 10.1. The molecule has 0 fully saturated rings. The molecule has 0 aromatic carbocycles. The molecule has 1 N–H and O–H groups in total. The molecule has 2 heterocycles. The van der Waals surface area contributed by atoms with Crippen molar-refractivity contribution in [2.75, 3.05) is 0 Å². The topological polar surface area (TPSA) is 45.8 Å². The molecule has 2 aromatic rings.